The Kier molecular flexibility index (Phi) is 6.85. The lowest BCUT2D eigenvalue weighted by Crippen LogP contribution is -2.12. The number of anilines is 1. The first kappa shape index (κ1) is 23.1. The molecule has 0 fully saturated rings. The van der Waals surface area contributed by atoms with Gasteiger partial charge in [0, 0.05) is 28.5 Å². The maximum absolute atomic E-state index is 12.9. The molecule has 0 aliphatic heterocycles. The molecule has 0 aliphatic carbocycles. The van der Waals surface area contributed by atoms with Crippen molar-refractivity contribution in [2.45, 2.75) is 30.2 Å². The van der Waals surface area contributed by atoms with Gasteiger partial charge in [0.05, 0.1) is 22.6 Å². The first-order valence-corrected chi connectivity index (χ1v) is 11.6. The third kappa shape index (κ3) is 6.02. The summed E-state index contributed by atoms with van der Waals surface area (Å²) in [4.78, 5) is 18.6. The van der Waals surface area contributed by atoms with E-state index >= 15 is 0 Å². The van der Waals surface area contributed by atoms with Crippen molar-refractivity contribution >= 4 is 34.1 Å². The van der Waals surface area contributed by atoms with Crippen molar-refractivity contribution in [3.8, 4) is 0 Å². The molecule has 0 spiro atoms. The zero-order valence-electron chi connectivity index (χ0n) is 17.3. The number of carbonyl (C=O) groups excluding carboxylic acids is 1. The molecule has 4 aromatic rings. The standard InChI is InChI=1S/C23H18F3N3O2S2/c1-14-9-17(31-29-14)13-32-20-8-3-2-7-19(20)21(30)28-22-27-12-18(33-22)11-15-5-4-6-16(10-15)23(24,25)26/h2-10,12H,11,13H2,1H3,(H,27,28,30). The van der Waals surface area contributed by atoms with Gasteiger partial charge in [-0.25, -0.2) is 4.98 Å². The molecule has 0 saturated carbocycles. The molecule has 4 rings (SSSR count). The quantitative estimate of drug-likeness (QED) is 0.297. The van der Waals surface area contributed by atoms with Gasteiger partial charge in [-0.05, 0) is 30.7 Å². The predicted molar refractivity (Wildman–Crippen MR) is 122 cm³/mol. The Labute approximate surface area is 196 Å². The average Bonchev–Trinajstić information content (AvgIpc) is 3.40. The average molecular weight is 490 g/mol. The Morgan fingerprint density at radius 2 is 1.97 bits per heavy atom. The Morgan fingerprint density at radius 3 is 2.73 bits per heavy atom. The summed E-state index contributed by atoms with van der Waals surface area (Å²) < 4.78 is 44.0. The van der Waals surface area contributed by atoms with Crippen molar-refractivity contribution < 1.29 is 22.5 Å². The number of alkyl halides is 3. The van der Waals surface area contributed by atoms with E-state index in [-0.39, 0.29) is 5.91 Å². The molecule has 2 aromatic heterocycles. The fraction of sp³-hybridized carbons (Fsp3) is 0.174. The van der Waals surface area contributed by atoms with Crippen LogP contribution in [0.3, 0.4) is 0 Å². The van der Waals surface area contributed by atoms with E-state index in [1.165, 1.54) is 29.2 Å². The second-order valence-electron chi connectivity index (χ2n) is 7.18. The molecule has 0 saturated heterocycles. The van der Waals surface area contributed by atoms with Crippen LogP contribution in [0, 0.1) is 6.92 Å². The number of nitrogens with one attached hydrogen (secondary N) is 1. The minimum atomic E-state index is -4.39. The monoisotopic (exact) mass is 489 g/mol. The molecule has 170 valence electrons. The van der Waals surface area contributed by atoms with E-state index in [2.05, 4.69) is 15.5 Å². The molecule has 1 amide bonds. The highest BCUT2D eigenvalue weighted by Gasteiger charge is 2.30. The molecular formula is C23H18F3N3O2S2. The predicted octanol–water partition coefficient (Wildman–Crippen LogP) is 6.59. The lowest BCUT2D eigenvalue weighted by molar-refractivity contribution is -0.137. The minimum absolute atomic E-state index is 0.292. The summed E-state index contributed by atoms with van der Waals surface area (Å²) in [5, 5.41) is 7.03. The second kappa shape index (κ2) is 9.80. The Hall–Kier alpha value is -3.11. The number of thiazole rings is 1. The minimum Gasteiger partial charge on any atom is -0.360 e. The van der Waals surface area contributed by atoms with E-state index in [0.717, 1.165) is 27.6 Å². The number of amides is 1. The maximum Gasteiger partial charge on any atom is 0.416 e. The zero-order valence-corrected chi connectivity index (χ0v) is 19.0. The first-order chi connectivity index (χ1) is 15.8. The molecule has 2 aromatic carbocycles. The number of benzene rings is 2. The summed E-state index contributed by atoms with van der Waals surface area (Å²) in [6.45, 7) is 1.84. The lowest BCUT2D eigenvalue weighted by atomic mass is 10.1. The Bertz CT molecular complexity index is 1270. The summed E-state index contributed by atoms with van der Waals surface area (Å²) in [5.41, 5.74) is 1.12. The van der Waals surface area contributed by atoms with Crippen LogP contribution in [-0.4, -0.2) is 16.0 Å². The second-order valence-corrected chi connectivity index (χ2v) is 9.31. The largest absolute Gasteiger partial charge is 0.416 e. The topological polar surface area (TPSA) is 68.0 Å². The van der Waals surface area contributed by atoms with Crippen LogP contribution in [0.1, 0.15) is 37.8 Å². The molecule has 0 aliphatic rings. The van der Waals surface area contributed by atoms with Crippen molar-refractivity contribution in [1.82, 2.24) is 10.1 Å². The number of halogens is 3. The van der Waals surface area contributed by atoms with Crippen molar-refractivity contribution in [1.29, 1.82) is 0 Å². The highest BCUT2D eigenvalue weighted by atomic mass is 32.2. The van der Waals surface area contributed by atoms with Gasteiger partial charge < -0.3 is 4.52 Å². The molecule has 10 heteroatoms. The third-order valence-electron chi connectivity index (χ3n) is 4.59. The Balaban J connectivity index is 1.42. The summed E-state index contributed by atoms with van der Waals surface area (Å²) in [5.74, 6) is 0.933. The van der Waals surface area contributed by atoms with Crippen molar-refractivity contribution in [2.24, 2.45) is 0 Å². The van der Waals surface area contributed by atoms with E-state index < -0.39 is 11.7 Å². The number of aryl methyl sites for hydroxylation is 1. The molecule has 0 radical (unpaired) electrons. The number of hydrogen-bond donors (Lipinski definition) is 1. The SMILES string of the molecule is Cc1cc(CSc2ccccc2C(=O)Nc2ncc(Cc3cccc(C(F)(F)F)c3)s2)on1. The van der Waals surface area contributed by atoms with E-state index in [1.54, 1.807) is 24.4 Å². The molecule has 2 heterocycles. The molecule has 0 bridgehead atoms. The number of nitrogens with zero attached hydrogens (tertiary/aromatic N) is 2. The number of hydrogen-bond acceptors (Lipinski definition) is 6. The third-order valence-corrected chi connectivity index (χ3v) is 6.59. The summed E-state index contributed by atoms with van der Waals surface area (Å²) in [7, 11) is 0. The summed E-state index contributed by atoms with van der Waals surface area (Å²) in [6, 6.07) is 14.2. The van der Waals surface area contributed by atoms with Gasteiger partial charge in [-0.15, -0.1) is 23.1 Å². The first-order valence-electron chi connectivity index (χ1n) is 9.84. The van der Waals surface area contributed by atoms with E-state index in [9.17, 15) is 18.0 Å². The smallest absolute Gasteiger partial charge is 0.360 e. The van der Waals surface area contributed by atoms with Crippen LogP contribution >= 0.6 is 23.1 Å². The van der Waals surface area contributed by atoms with Gasteiger partial charge in [0.25, 0.3) is 5.91 Å². The maximum atomic E-state index is 12.9. The zero-order chi connectivity index (χ0) is 23.4. The van der Waals surface area contributed by atoms with Crippen LogP contribution in [0.2, 0.25) is 0 Å². The van der Waals surface area contributed by atoms with Crippen LogP contribution < -0.4 is 5.32 Å². The van der Waals surface area contributed by atoms with Gasteiger partial charge in [-0.3, -0.25) is 10.1 Å². The fourth-order valence-corrected chi connectivity index (χ4v) is 4.85. The highest BCUT2D eigenvalue weighted by molar-refractivity contribution is 7.98. The Morgan fingerprint density at radius 1 is 1.15 bits per heavy atom. The van der Waals surface area contributed by atoms with Gasteiger partial charge in [0.2, 0.25) is 0 Å². The lowest BCUT2D eigenvalue weighted by Gasteiger charge is -2.08. The van der Waals surface area contributed by atoms with Crippen LogP contribution in [0.4, 0.5) is 18.3 Å². The van der Waals surface area contributed by atoms with Crippen molar-refractivity contribution in [3.05, 3.63) is 93.8 Å². The van der Waals surface area contributed by atoms with E-state index in [1.807, 2.05) is 25.1 Å². The molecule has 0 unspecified atom stereocenters. The molecule has 5 nitrogen and oxygen atoms in total. The van der Waals surface area contributed by atoms with Crippen molar-refractivity contribution in [2.75, 3.05) is 5.32 Å². The highest BCUT2D eigenvalue weighted by Crippen LogP contribution is 2.31. The number of thioether (sulfide) groups is 1. The van der Waals surface area contributed by atoms with Gasteiger partial charge in [0.15, 0.2) is 5.13 Å². The number of aromatic nitrogens is 2. The molecule has 0 atom stereocenters. The van der Waals surface area contributed by atoms with Gasteiger partial charge in [-0.1, -0.05) is 35.5 Å². The van der Waals surface area contributed by atoms with Crippen molar-refractivity contribution in [3.63, 3.8) is 0 Å². The van der Waals surface area contributed by atoms with Crippen LogP contribution in [-0.2, 0) is 18.3 Å². The van der Waals surface area contributed by atoms with Gasteiger partial charge in [-0.2, -0.15) is 13.2 Å². The van der Waals surface area contributed by atoms with Gasteiger partial charge >= 0.3 is 6.18 Å². The summed E-state index contributed by atoms with van der Waals surface area (Å²) >= 11 is 2.69. The summed E-state index contributed by atoms with van der Waals surface area (Å²) in [6.07, 6.45) is -2.53. The van der Waals surface area contributed by atoms with Crippen LogP contribution in [0.5, 0.6) is 0 Å². The molecular weight excluding hydrogens is 471 g/mol. The van der Waals surface area contributed by atoms with Crippen LogP contribution in [0.15, 0.2) is 70.2 Å². The normalized spacial score (nSPS) is 11.5. The van der Waals surface area contributed by atoms with E-state index in [0.29, 0.717) is 34.2 Å². The molecule has 1 N–H and O–H groups in total. The van der Waals surface area contributed by atoms with Gasteiger partial charge in [0.1, 0.15) is 5.76 Å². The number of carbonyl (C=O) groups is 1. The fourth-order valence-electron chi connectivity index (χ4n) is 3.08. The number of rotatable bonds is 7. The van der Waals surface area contributed by atoms with E-state index in [4.69, 9.17) is 4.52 Å². The van der Waals surface area contributed by atoms with Crippen LogP contribution in [0.25, 0.3) is 0 Å². The molecule has 33 heavy (non-hydrogen) atoms.